The van der Waals surface area contributed by atoms with E-state index in [1.165, 1.54) is 0 Å². The molecule has 1 rings (SSSR count). The van der Waals surface area contributed by atoms with Gasteiger partial charge in [-0.25, -0.2) is 4.39 Å². The molecule has 0 aromatic rings. The summed E-state index contributed by atoms with van der Waals surface area (Å²) in [6, 6.07) is 0. The van der Waals surface area contributed by atoms with Crippen LogP contribution in [0.5, 0.6) is 0 Å². The number of nitrogens with one attached hydrogen (secondary N) is 1. The molecule has 1 N–H and O–H groups in total. The molecule has 1 nitrogen and oxygen atoms in total. The first-order chi connectivity index (χ1) is 4.83. The van der Waals surface area contributed by atoms with E-state index in [-0.39, 0.29) is 0 Å². The van der Waals surface area contributed by atoms with Gasteiger partial charge >= 0.3 is 0 Å². The number of hydrogen-bond donors (Lipinski definition) is 1. The number of allylic oxidation sites excluding steroid dienone is 3. The van der Waals surface area contributed by atoms with E-state index in [0.717, 1.165) is 12.2 Å². The van der Waals surface area contributed by atoms with E-state index in [4.69, 9.17) is 0 Å². The normalized spacial score (nSPS) is 24.2. The molecule has 0 heterocycles. The highest BCUT2D eigenvalue weighted by Gasteiger charge is 2.05. The lowest BCUT2D eigenvalue weighted by Gasteiger charge is -2.10. The monoisotopic (exact) mass is 141 g/mol. The van der Waals surface area contributed by atoms with Gasteiger partial charge in [0.25, 0.3) is 0 Å². The zero-order chi connectivity index (χ0) is 7.40. The van der Waals surface area contributed by atoms with Gasteiger partial charge in [0.15, 0.2) is 0 Å². The molecule has 0 saturated carbocycles. The third-order valence-corrected chi connectivity index (χ3v) is 1.40. The molecule has 0 radical (unpaired) electrons. The molecule has 56 valence electrons. The lowest BCUT2D eigenvalue weighted by molar-refractivity contribution is 0.398. The van der Waals surface area contributed by atoms with Crippen LogP contribution in [0.15, 0.2) is 23.9 Å². The summed E-state index contributed by atoms with van der Waals surface area (Å²) in [6.45, 7) is 2.85. The summed E-state index contributed by atoms with van der Waals surface area (Å²) in [5.74, 6) is 0. The Hall–Kier alpha value is -0.790. The number of halogens is 1. The molecule has 0 aliphatic heterocycles. The molecule has 0 saturated heterocycles. The molecule has 0 amide bonds. The van der Waals surface area contributed by atoms with Gasteiger partial charge in [-0.15, -0.1) is 0 Å². The van der Waals surface area contributed by atoms with Crippen molar-refractivity contribution in [3.63, 3.8) is 0 Å². The van der Waals surface area contributed by atoms with E-state index in [9.17, 15) is 4.39 Å². The first kappa shape index (κ1) is 7.32. The Kier molecular flexibility index (Phi) is 2.49. The molecule has 0 aromatic heterocycles. The molecular weight excluding hydrogens is 129 g/mol. The van der Waals surface area contributed by atoms with Crippen LogP contribution in [-0.4, -0.2) is 12.7 Å². The van der Waals surface area contributed by atoms with Crippen molar-refractivity contribution in [1.29, 1.82) is 0 Å². The minimum absolute atomic E-state index is 0.523. The Morgan fingerprint density at radius 2 is 2.60 bits per heavy atom. The maximum absolute atomic E-state index is 12.6. The van der Waals surface area contributed by atoms with Gasteiger partial charge in [-0.1, -0.05) is 6.08 Å². The van der Waals surface area contributed by atoms with Crippen LogP contribution < -0.4 is 5.32 Å². The lowest BCUT2D eigenvalue weighted by atomic mass is 10.1. The molecule has 2 heteroatoms. The fraction of sp³-hybridized carbons (Fsp3) is 0.500. The largest absolute Gasteiger partial charge is 0.386 e. The van der Waals surface area contributed by atoms with Crippen LogP contribution in [0.3, 0.4) is 0 Å². The molecule has 1 aliphatic rings. The SMILES string of the molecule is CCNC1=CC(F)CC=C1. The number of alkyl halides is 1. The van der Waals surface area contributed by atoms with Crippen molar-refractivity contribution in [2.45, 2.75) is 19.5 Å². The molecule has 0 fully saturated rings. The van der Waals surface area contributed by atoms with E-state index in [1.54, 1.807) is 6.08 Å². The quantitative estimate of drug-likeness (QED) is 0.618. The molecule has 0 aromatic carbocycles. The van der Waals surface area contributed by atoms with E-state index in [2.05, 4.69) is 5.32 Å². The summed E-state index contributed by atoms with van der Waals surface area (Å²) >= 11 is 0. The van der Waals surface area contributed by atoms with Gasteiger partial charge in [-0.3, -0.25) is 0 Å². The fourth-order valence-electron chi connectivity index (χ4n) is 0.965. The van der Waals surface area contributed by atoms with Crippen molar-refractivity contribution >= 4 is 0 Å². The summed E-state index contributed by atoms with van der Waals surface area (Å²) < 4.78 is 12.6. The average molecular weight is 141 g/mol. The Bertz CT molecular complexity index is 161. The van der Waals surface area contributed by atoms with E-state index < -0.39 is 6.17 Å². The lowest BCUT2D eigenvalue weighted by Crippen LogP contribution is -2.14. The highest BCUT2D eigenvalue weighted by molar-refractivity contribution is 5.22. The third kappa shape index (κ3) is 1.87. The smallest absolute Gasteiger partial charge is 0.124 e. The molecule has 0 bridgehead atoms. The molecular formula is C8H12FN. The van der Waals surface area contributed by atoms with E-state index >= 15 is 0 Å². The molecule has 1 unspecified atom stereocenters. The summed E-state index contributed by atoms with van der Waals surface area (Å²) in [5.41, 5.74) is 0.904. The predicted molar refractivity (Wildman–Crippen MR) is 40.4 cm³/mol. The standard InChI is InChI=1S/C8H12FN/c1-2-10-8-5-3-4-7(9)6-8/h3,5-7,10H,2,4H2,1H3. The third-order valence-electron chi connectivity index (χ3n) is 1.40. The van der Waals surface area contributed by atoms with Crippen LogP contribution in [0.2, 0.25) is 0 Å². The Morgan fingerprint density at radius 1 is 1.80 bits per heavy atom. The van der Waals surface area contributed by atoms with Crippen LogP contribution in [0, 0.1) is 0 Å². The zero-order valence-electron chi connectivity index (χ0n) is 6.10. The summed E-state index contributed by atoms with van der Waals surface area (Å²) in [4.78, 5) is 0. The van der Waals surface area contributed by atoms with Gasteiger partial charge in [-0.05, 0) is 19.1 Å². The predicted octanol–water partition coefficient (Wildman–Crippen LogP) is 1.78. The van der Waals surface area contributed by atoms with Crippen LogP contribution in [0.25, 0.3) is 0 Å². The summed E-state index contributed by atoms with van der Waals surface area (Å²) in [5, 5.41) is 3.05. The number of likely N-dealkylation sites (N-methyl/N-ethyl adjacent to an activating group) is 1. The number of hydrogen-bond acceptors (Lipinski definition) is 1. The topological polar surface area (TPSA) is 12.0 Å². The Labute approximate surface area is 60.6 Å². The maximum atomic E-state index is 12.6. The molecule has 10 heavy (non-hydrogen) atoms. The minimum atomic E-state index is -0.793. The second-order valence-corrected chi connectivity index (χ2v) is 2.31. The van der Waals surface area contributed by atoms with Crippen molar-refractivity contribution < 1.29 is 4.39 Å². The average Bonchev–Trinajstić information content (AvgIpc) is 1.88. The molecule has 1 atom stereocenters. The molecule has 0 spiro atoms. The van der Waals surface area contributed by atoms with Crippen LogP contribution in [0.4, 0.5) is 4.39 Å². The van der Waals surface area contributed by atoms with E-state index in [1.807, 2.05) is 19.1 Å². The Balaban J connectivity index is 2.49. The number of rotatable bonds is 2. The van der Waals surface area contributed by atoms with Crippen molar-refractivity contribution in [1.82, 2.24) is 5.32 Å². The van der Waals surface area contributed by atoms with Crippen molar-refractivity contribution in [2.75, 3.05) is 6.54 Å². The van der Waals surface area contributed by atoms with Gasteiger partial charge in [-0.2, -0.15) is 0 Å². The first-order valence-corrected chi connectivity index (χ1v) is 3.59. The minimum Gasteiger partial charge on any atom is -0.386 e. The van der Waals surface area contributed by atoms with Gasteiger partial charge in [0, 0.05) is 18.7 Å². The van der Waals surface area contributed by atoms with Crippen molar-refractivity contribution in [2.24, 2.45) is 0 Å². The van der Waals surface area contributed by atoms with Crippen LogP contribution in [0.1, 0.15) is 13.3 Å². The first-order valence-electron chi connectivity index (χ1n) is 3.59. The Morgan fingerprint density at radius 3 is 3.20 bits per heavy atom. The molecule has 1 aliphatic carbocycles. The van der Waals surface area contributed by atoms with Crippen LogP contribution >= 0.6 is 0 Å². The zero-order valence-corrected chi connectivity index (χ0v) is 6.10. The fourth-order valence-corrected chi connectivity index (χ4v) is 0.965. The van der Waals surface area contributed by atoms with Gasteiger partial charge in [0.2, 0.25) is 0 Å². The second kappa shape index (κ2) is 3.40. The highest BCUT2D eigenvalue weighted by atomic mass is 19.1. The van der Waals surface area contributed by atoms with Gasteiger partial charge < -0.3 is 5.32 Å². The highest BCUT2D eigenvalue weighted by Crippen LogP contribution is 2.10. The summed E-state index contributed by atoms with van der Waals surface area (Å²) in [6.07, 6.45) is 5.11. The summed E-state index contributed by atoms with van der Waals surface area (Å²) in [7, 11) is 0. The van der Waals surface area contributed by atoms with Crippen molar-refractivity contribution in [3.05, 3.63) is 23.9 Å². The van der Waals surface area contributed by atoms with Gasteiger partial charge in [0.1, 0.15) is 6.17 Å². The van der Waals surface area contributed by atoms with Crippen molar-refractivity contribution in [3.8, 4) is 0 Å². The maximum Gasteiger partial charge on any atom is 0.124 e. The van der Waals surface area contributed by atoms with Crippen LogP contribution in [-0.2, 0) is 0 Å². The van der Waals surface area contributed by atoms with E-state index in [0.29, 0.717) is 6.42 Å². The second-order valence-electron chi connectivity index (χ2n) is 2.31. The van der Waals surface area contributed by atoms with Gasteiger partial charge in [0.05, 0.1) is 0 Å².